The fourth-order valence-electron chi connectivity index (χ4n) is 1.88. The zero-order chi connectivity index (χ0) is 16.8. The van der Waals surface area contributed by atoms with Gasteiger partial charge in [0.25, 0.3) is 11.8 Å². The first-order chi connectivity index (χ1) is 11.0. The third-order valence-electron chi connectivity index (χ3n) is 3.09. The minimum absolute atomic E-state index is 0.153. The van der Waals surface area contributed by atoms with Crippen LogP contribution in [-0.4, -0.2) is 17.9 Å². The number of hydrogen-bond acceptors (Lipinski definition) is 3. The lowest BCUT2D eigenvalue weighted by atomic mass is 10.2. The summed E-state index contributed by atoms with van der Waals surface area (Å²) in [4.78, 5) is 23.7. The molecule has 0 aliphatic rings. The van der Waals surface area contributed by atoms with Gasteiger partial charge in [-0.25, -0.2) is 4.39 Å². The third-order valence-corrected chi connectivity index (χ3v) is 3.09. The number of benzene rings is 2. The van der Waals surface area contributed by atoms with Crippen molar-refractivity contribution in [1.82, 2.24) is 10.9 Å². The zero-order valence-electron chi connectivity index (χ0n) is 12.8. The lowest BCUT2D eigenvalue weighted by Gasteiger charge is -2.15. The van der Waals surface area contributed by atoms with Gasteiger partial charge in [-0.05, 0) is 43.7 Å². The van der Waals surface area contributed by atoms with Gasteiger partial charge in [0.2, 0.25) is 0 Å². The first-order valence-electron chi connectivity index (χ1n) is 7.05. The second-order valence-electron chi connectivity index (χ2n) is 5.00. The van der Waals surface area contributed by atoms with Gasteiger partial charge in [-0.15, -0.1) is 0 Å². The van der Waals surface area contributed by atoms with Gasteiger partial charge < -0.3 is 4.74 Å². The van der Waals surface area contributed by atoms with Crippen LogP contribution < -0.4 is 15.6 Å². The van der Waals surface area contributed by atoms with E-state index in [-0.39, 0.29) is 5.56 Å². The topological polar surface area (TPSA) is 67.4 Å². The Labute approximate surface area is 133 Å². The van der Waals surface area contributed by atoms with Gasteiger partial charge in [-0.3, -0.25) is 20.4 Å². The van der Waals surface area contributed by atoms with Crippen molar-refractivity contribution >= 4 is 11.8 Å². The maximum absolute atomic E-state index is 13.5. The van der Waals surface area contributed by atoms with Crippen molar-refractivity contribution < 1.29 is 18.7 Å². The molecular formula is C17H17FN2O3. The number of aryl methyl sites for hydroxylation is 1. The first kappa shape index (κ1) is 16.5. The molecule has 0 spiro atoms. The van der Waals surface area contributed by atoms with Gasteiger partial charge in [0.1, 0.15) is 11.6 Å². The molecule has 0 heterocycles. The molecule has 0 aliphatic carbocycles. The summed E-state index contributed by atoms with van der Waals surface area (Å²) in [6.07, 6.45) is -0.822. The van der Waals surface area contributed by atoms with Crippen molar-refractivity contribution in [3.63, 3.8) is 0 Å². The summed E-state index contributed by atoms with van der Waals surface area (Å²) in [6.45, 7) is 3.46. The molecule has 0 saturated carbocycles. The summed E-state index contributed by atoms with van der Waals surface area (Å²) >= 11 is 0. The molecule has 0 bridgehead atoms. The molecule has 0 radical (unpaired) electrons. The van der Waals surface area contributed by atoms with Crippen LogP contribution in [0.2, 0.25) is 0 Å². The van der Waals surface area contributed by atoms with Crippen LogP contribution in [0.5, 0.6) is 5.75 Å². The standard InChI is InChI=1S/C17H17FN2O3/c1-11-6-5-7-13(10-11)23-12(2)16(21)19-20-17(22)14-8-3-4-9-15(14)18/h3-10,12H,1-2H3,(H,19,21)(H,20,22). The molecule has 2 N–H and O–H groups in total. The molecule has 1 unspecified atom stereocenters. The number of amides is 2. The Morgan fingerprint density at radius 3 is 2.52 bits per heavy atom. The van der Waals surface area contributed by atoms with Crippen molar-refractivity contribution in [2.75, 3.05) is 0 Å². The minimum Gasteiger partial charge on any atom is -0.481 e. The molecule has 0 fully saturated rings. The summed E-state index contributed by atoms with van der Waals surface area (Å²) in [5, 5.41) is 0. The SMILES string of the molecule is Cc1cccc(OC(C)C(=O)NNC(=O)c2ccccc2F)c1. The number of halogens is 1. The number of carbonyl (C=O) groups is 2. The highest BCUT2D eigenvalue weighted by Gasteiger charge is 2.17. The molecule has 1 atom stereocenters. The molecule has 0 aromatic heterocycles. The Morgan fingerprint density at radius 2 is 1.83 bits per heavy atom. The highest BCUT2D eigenvalue weighted by molar-refractivity contribution is 5.95. The van der Waals surface area contributed by atoms with E-state index in [0.717, 1.165) is 5.56 Å². The molecule has 2 rings (SSSR count). The van der Waals surface area contributed by atoms with Crippen molar-refractivity contribution in [3.8, 4) is 5.75 Å². The Kier molecular flexibility index (Phi) is 5.30. The smallest absolute Gasteiger partial charge is 0.279 e. The van der Waals surface area contributed by atoms with Gasteiger partial charge in [0.05, 0.1) is 5.56 Å². The minimum atomic E-state index is -0.822. The largest absolute Gasteiger partial charge is 0.481 e. The van der Waals surface area contributed by atoms with E-state index in [1.165, 1.54) is 24.3 Å². The number of hydrogen-bond donors (Lipinski definition) is 2. The Bertz CT molecular complexity index is 718. The molecule has 6 heteroatoms. The van der Waals surface area contributed by atoms with E-state index in [4.69, 9.17) is 4.74 Å². The van der Waals surface area contributed by atoms with Crippen LogP contribution >= 0.6 is 0 Å². The monoisotopic (exact) mass is 316 g/mol. The van der Waals surface area contributed by atoms with E-state index in [9.17, 15) is 14.0 Å². The van der Waals surface area contributed by atoms with Gasteiger partial charge in [-0.2, -0.15) is 0 Å². The van der Waals surface area contributed by atoms with Crippen molar-refractivity contribution in [2.24, 2.45) is 0 Å². The van der Waals surface area contributed by atoms with Crippen LogP contribution in [-0.2, 0) is 4.79 Å². The van der Waals surface area contributed by atoms with Gasteiger partial charge >= 0.3 is 0 Å². The van der Waals surface area contributed by atoms with Crippen molar-refractivity contribution in [3.05, 3.63) is 65.5 Å². The summed E-state index contributed by atoms with van der Waals surface area (Å²) in [5.41, 5.74) is 5.22. The maximum Gasteiger partial charge on any atom is 0.279 e. The number of ether oxygens (including phenoxy) is 1. The van der Waals surface area contributed by atoms with Crippen LogP contribution in [0.4, 0.5) is 4.39 Å². The third kappa shape index (κ3) is 4.54. The average Bonchev–Trinajstić information content (AvgIpc) is 2.52. The van der Waals surface area contributed by atoms with Crippen LogP contribution in [0, 0.1) is 12.7 Å². The molecule has 0 aliphatic heterocycles. The van der Waals surface area contributed by atoms with Gasteiger partial charge in [0.15, 0.2) is 6.10 Å². The second-order valence-corrected chi connectivity index (χ2v) is 5.00. The molecule has 2 aromatic rings. The van der Waals surface area contributed by atoms with E-state index >= 15 is 0 Å². The van der Waals surface area contributed by atoms with Crippen molar-refractivity contribution in [1.29, 1.82) is 0 Å². The summed E-state index contributed by atoms with van der Waals surface area (Å²) < 4.78 is 18.9. The van der Waals surface area contributed by atoms with E-state index in [1.807, 2.05) is 19.1 Å². The van der Waals surface area contributed by atoms with Crippen LogP contribution in [0.15, 0.2) is 48.5 Å². The number of nitrogens with one attached hydrogen (secondary N) is 2. The first-order valence-corrected chi connectivity index (χ1v) is 7.05. The molecule has 5 nitrogen and oxygen atoms in total. The van der Waals surface area contributed by atoms with Crippen LogP contribution in [0.25, 0.3) is 0 Å². The zero-order valence-corrected chi connectivity index (χ0v) is 12.8. The lowest BCUT2D eigenvalue weighted by molar-refractivity contribution is -0.128. The van der Waals surface area contributed by atoms with E-state index in [1.54, 1.807) is 19.1 Å². The fourth-order valence-corrected chi connectivity index (χ4v) is 1.88. The van der Waals surface area contributed by atoms with E-state index in [0.29, 0.717) is 5.75 Å². The highest BCUT2D eigenvalue weighted by atomic mass is 19.1. The maximum atomic E-state index is 13.5. The molecule has 120 valence electrons. The van der Waals surface area contributed by atoms with Gasteiger partial charge in [-0.1, -0.05) is 24.3 Å². The molecular weight excluding hydrogens is 299 g/mol. The fraction of sp³-hybridized carbons (Fsp3) is 0.176. The van der Waals surface area contributed by atoms with Crippen LogP contribution in [0.3, 0.4) is 0 Å². The average molecular weight is 316 g/mol. The van der Waals surface area contributed by atoms with Crippen LogP contribution in [0.1, 0.15) is 22.8 Å². The van der Waals surface area contributed by atoms with Crippen molar-refractivity contribution in [2.45, 2.75) is 20.0 Å². The Hall–Kier alpha value is -2.89. The summed E-state index contributed by atoms with van der Waals surface area (Å²) in [5.74, 6) is -1.40. The predicted molar refractivity (Wildman–Crippen MR) is 83.3 cm³/mol. The van der Waals surface area contributed by atoms with Gasteiger partial charge in [0, 0.05) is 0 Å². The predicted octanol–water partition coefficient (Wildman–Crippen LogP) is 2.36. The molecule has 2 amide bonds. The van der Waals surface area contributed by atoms with E-state index < -0.39 is 23.7 Å². The Morgan fingerprint density at radius 1 is 1.09 bits per heavy atom. The summed E-state index contributed by atoms with van der Waals surface area (Å²) in [6, 6.07) is 12.7. The Balaban J connectivity index is 1.89. The molecule has 23 heavy (non-hydrogen) atoms. The molecule has 0 saturated heterocycles. The normalized spacial score (nSPS) is 11.4. The van der Waals surface area contributed by atoms with E-state index in [2.05, 4.69) is 10.9 Å². The number of rotatable bonds is 4. The number of carbonyl (C=O) groups excluding carboxylic acids is 2. The number of hydrazine groups is 1. The molecule has 2 aromatic carbocycles. The quantitative estimate of drug-likeness (QED) is 0.851. The lowest BCUT2D eigenvalue weighted by Crippen LogP contribution is -2.47. The second kappa shape index (κ2) is 7.40. The highest BCUT2D eigenvalue weighted by Crippen LogP contribution is 2.14. The summed E-state index contributed by atoms with van der Waals surface area (Å²) in [7, 11) is 0.